The fourth-order valence-corrected chi connectivity index (χ4v) is 2.53. The van der Waals surface area contributed by atoms with E-state index in [4.69, 9.17) is 11.6 Å². The highest BCUT2D eigenvalue weighted by Crippen LogP contribution is 2.28. The highest BCUT2D eigenvalue weighted by atomic mass is 35.5. The maximum Gasteiger partial charge on any atom is 0.311 e. The molecule has 0 saturated heterocycles. The van der Waals surface area contributed by atoms with Crippen molar-refractivity contribution >= 4 is 34.6 Å². The van der Waals surface area contributed by atoms with Gasteiger partial charge >= 0.3 is 5.69 Å². The van der Waals surface area contributed by atoms with Crippen molar-refractivity contribution in [1.29, 1.82) is 0 Å². The van der Waals surface area contributed by atoms with Gasteiger partial charge in [0.1, 0.15) is 0 Å². The number of carbonyl (C=O) groups is 1. The molecule has 0 aliphatic rings. The smallest absolute Gasteiger partial charge is 0.311 e. The number of hydrogen-bond donors (Lipinski definition) is 1. The van der Waals surface area contributed by atoms with Gasteiger partial charge < -0.3 is 5.32 Å². The summed E-state index contributed by atoms with van der Waals surface area (Å²) in [5.74, 6) is -0.178. The van der Waals surface area contributed by atoms with Gasteiger partial charge in [0.05, 0.1) is 10.6 Å². The Labute approximate surface area is 148 Å². The van der Waals surface area contributed by atoms with Crippen LogP contribution in [0.5, 0.6) is 0 Å². The van der Waals surface area contributed by atoms with E-state index in [2.05, 4.69) is 10.3 Å². The number of ketones is 1. The normalized spacial score (nSPS) is 10.3. The quantitative estimate of drug-likeness (QED) is 0.411. The predicted octanol–water partition coefficient (Wildman–Crippen LogP) is 4.62. The van der Waals surface area contributed by atoms with Crippen molar-refractivity contribution in [2.75, 3.05) is 5.32 Å². The van der Waals surface area contributed by atoms with E-state index in [9.17, 15) is 14.9 Å². The minimum absolute atomic E-state index is 0.0684. The molecule has 0 aliphatic heterocycles. The van der Waals surface area contributed by atoms with Gasteiger partial charge in [-0.3, -0.25) is 14.9 Å². The molecule has 0 bridgehead atoms. The minimum atomic E-state index is -0.531. The van der Waals surface area contributed by atoms with Crippen LogP contribution >= 0.6 is 11.6 Å². The molecular weight excluding hydrogens is 342 g/mol. The summed E-state index contributed by atoms with van der Waals surface area (Å²) in [7, 11) is 0. The molecule has 124 valence electrons. The second-order valence-electron chi connectivity index (χ2n) is 5.14. The van der Waals surface area contributed by atoms with E-state index < -0.39 is 4.92 Å². The Morgan fingerprint density at radius 3 is 2.64 bits per heavy atom. The van der Waals surface area contributed by atoms with Gasteiger partial charge in [-0.2, -0.15) is 0 Å². The van der Waals surface area contributed by atoms with Crippen molar-refractivity contribution in [3.63, 3.8) is 0 Å². The lowest BCUT2D eigenvalue weighted by molar-refractivity contribution is -0.384. The molecule has 0 unspecified atom stereocenters. The van der Waals surface area contributed by atoms with Crippen LogP contribution in [0.2, 0.25) is 5.02 Å². The zero-order valence-electron chi connectivity index (χ0n) is 12.8. The summed E-state index contributed by atoms with van der Waals surface area (Å²) in [5.41, 5.74) is 1.05. The van der Waals surface area contributed by atoms with Gasteiger partial charge in [-0.15, -0.1) is 0 Å². The predicted molar refractivity (Wildman–Crippen MR) is 95.5 cm³/mol. The third-order valence-corrected chi connectivity index (χ3v) is 3.73. The number of pyridine rings is 1. The van der Waals surface area contributed by atoms with Crippen molar-refractivity contribution in [3.05, 3.63) is 93.1 Å². The monoisotopic (exact) mass is 353 g/mol. The molecule has 2 aromatic carbocycles. The molecule has 1 N–H and O–H groups in total. The summed E-state index contributed by atoms with van der Waals surface area (Å²) in [4.78, 5) is 27.4. The van der Waals surface area contributed by atoms with E-state index in [-0.39, 0.29) is 17.3 Å². The second-order valence-corrected chi connectivity index (χ2v) is 5.57. The van der Waals surface area contributed by atoms with E-state index in [1.54, 1.807) is 48.5 Å². The van der Waals surface area contributed by atoms with Crippen LogP contribution in [0, 0.1) is 10.1 Å². The Hall–Kier alpha value is -3.25. The fraction of sp³-hybridized carbons (Fsp3) is 0. The first kappa shape index (κ1) is 16.6. The van der Waals surface area contributed by atoms with Crippen molar-refractivity contribution in [2.45, 2.75) is 0 Å². The molecule has 1 heterocycles. The van der Waals surface area contributed by atoms with Crippen LogP contribution < -0.4 is 5.32 Å². The number of benzene rings is 2. The van der Waals surface area contributed by atoms with Crippen molar-refractivity contribution < 1.29 is 9.72 Å². The lowest BCUT2D eigenvalue weighted by Crippen LogP contribution is -2.07. The van der Waals surface area contributed by atoms with Gasteiger partial charge in [0.2, 0.25) is 5.82 Å². The van der Waals surface area contributed by atoms with Gasteiger partial charge in [-0.05, 0) is 30.3 Å². The molecule has 25 heavy (non-hydrogen) atoms. The Balaban J connectivity index is 2.00. The van der Waals surface area contributed by atoms with Crippen LogP contribution in [-0.4, -0.2) is 15.7 Å². The number of hydrogen-bond acceptors (Lipinski definition) is 5. The summed E-state index contributed by atoms with van der Waals surface area (Å²) >= 11 is 5.95. The van der Waals surface area contributed by atoms with E-state index in [1.807, 2.05) is 0 Å². The molecular formula is C18H12ClN3O3. The first-order chi connectivity index (χ1) is 12.1. The molecule has 3 rings (SSSR count). The number of para-hydroxylation sites is 1. The molecule has 0 radical (unpaired) electrons. The number of carbonyl (C=O) groups excluding carboxylic acids is 1. The van der Waals surface area contributed by atoms with Crippen LogP contribution in [0.3, 0.4) is 0 Å². The number of aromatic nitrogens is 1. The van der Waals surface area contributed by atoms with E-state index in [0.29, 0.717) is 21.8 Å². The lowest BCUT2D eigenvalue weighted by Gasteiger charge is -2.11. The molecule has 0 spiro atoms. The molecule has 3 aromatic rings. The second kappa shape index (κ2) is 7.11. The zero-order chi connectivity index (χ0) is 17.8. The SMILES string of the molecule is O=C(c1cccc(Cl)c1)c1ccccc1Nc1ncccc1[N+](=O)[O-]. The average Bonchev–Trinajstić information content (AvgIpc) is 2.62. The van der Waals surface area contributed by atoms with Crippen LogP contribution in [0.15, 0.2) is 66.9 Å². The Kier molecular flexibility index (Phi) is 4.72. The number of anilines is 2. The first-order valence-corrected chi connectivity index (χ1v) is 7.70. The third-order valence-electron chi connectivity index (χ3n) is 3.49. The van der Waals surface area contributed by atoms with Crippen LogP contribution in [-0.2, 0) is 0 Å². The van der Waals surface area contributed by atoms with Gasteiger partial charge in [-0.25, -0.2) is 4.98 Å². The third kappa shape index (κ3) is 3.64. The van der Waals surface area contributed by atoms with Crippen molar-refractivity contribution in [1.82, 2.24) is 4.98 Å². The van der Waals surface area contributed by atoms with Crippen LogP contribution in [0.1, 0.15) is 15.9 Å². The first-order valence-electron chi connectivity index (χ1n) is 7.32. The minimum Gasteiger partial charge on any atom is -0.334 e. The number of rotatable bonds is 5. The molecule has 7 heteroatoms. The summed E-state index contributed by atoms with van der Waals surface area (Å²) in [6.07, 6.45) is 1.44. The molecule has 0 amide bonds. The Morgan fingerprint density at radius 1 is 1.08 bits per heavy atom. The summed E-state index contributed by atoms with van der Waals surface area (Å²) in [6, 6.07) is 16.2. The number of halogens is 1. The standard InChI is InChI=1S/C18H12ClN3O3/c19-13-6-3-5-12(11-13)17(23)14-7-1-2-8-15(14)21-18-16(22(24)25)9-4-10-20-18/h1-11H,(H,20,21). The van der Waals surface area contributed by atoms with E-state index in [1.165, 1.54) is 18.3 Å². The molecule has 0 aliphatic carbocycles. The van der Waals surface area contributed by atoms with Gasteiger partial charge in [-0.1, -0.05) is 35.9 Å². The maximum absolute atomic E-state index is 12.8. The van der Waals surface area contributed by atoms with Gasteiger partial charge in [0.25, 0.3) is 0 Å². The molecule has 0 fully saturated rings. The number of nitrogens with one attached hydrogen (secondary N) is 1. The average molecular weight is 354 g/mol. The zero-order valence-corrected chi connectivity index (χ0v) is 13.6. The van der Waals surface area contributed by atoms with Gasteiger partial charge in [0.15, 0.2) is 5.78 Å². The lowest BCUT2D eigenvalue weighted by atomic mass is 10.0. The summed E-state index contributed by atoms with van der Waals surface area (Å²) in [5, 5.41) is 14.5. The van der Waals surface area contributed by atoms with E-state index in [0.717, 1.165) is 0 Å². The Morgan fingerprint density at radius 2 is 1.88 bits per heavy atom. The van der Waals surface area contributed by atoms with Crippen molar-refractivity contribution in [2.24, 2.45) is 0 Å². The topological polar surface area (TPSA) is 85.1 Å². The molecule has 1 aromatic heterocycles. The number of nitrogens with zero attached hydrogens (tertiary/aromatic N) is 2. The highest BCUT2D eigenvalue weighted by Gasteiger charge is 2.18. The molecule has 6 nitrogen and oxygen atoms in total. The summed E-state index contributed by atoms with van der Waals surface area (Å²) < 4.78 is 0. The highest BCUT2D eigenvalue weighted by molar-refractivity contribution is 6.31. The fourth-order valence-electron chi connectivity index (χ4n) is 2.34. The summed E-state index contributed by atoms with van der Waals surface area (Å²) in [6.45, 7) is 0. The Bertz CT molecular complexity index is 960. The molecule has 0 saturated carbocycles. The molecule has 0 atom stereocenters. The van der Waals surface area contributed by atoms with Crippen LogP contribution in [0.25, 0.3) is 0 Å². The van der Waals surface area contributed by atoms with Gasteiger partial charge in [0, 0.05) is 28.4 Å². The van der Waals surface area contributed by atoms with Crippen molar-refractivity contribution in [3.8, 4) is 0 Å². The largest absolute Gasteiger partial charge is 0.334 e. The maximum atomic E-state index is 12.8. The van der Waals surface area contributed by atoms with Crippen LogP contribution in [0.4, 0.5) is 17.2 Å². The number of nitro groups is 1. The van der Waals surface area contributed by atoms with E-state index >= 15 is 0 Å².